The molecule has 17 heavy (non-hydrogen) atoms. The largest absolute Gasteiger partial charge is 0.496 e. The number of anilines is 1. The summed E-state index contributed by atoms with van der Waals surface area (Å²) in [6.07, 6.45) is 0.529. The van der Waals surface area contributed by atoms with E-state index in [0.717, 1.165) is 22.6 Å². The number of hydrogen-bond donors (Lipinski definition) is 3. The van der Waals surface area contributed by atoms with E-state index < -0.39 is 0 Å². The van der Waals surface area contributed by atoms with E-state index >= 15 is 0 Å². The Balaban J connectivity index is 2.88. The van der Waals surface area contributed by atoms with Crippen molar-refractivity contribution < 1.29 is 14.9 Å². The molecule has 0 bridgehead atoms. The van der Waals surface area contributed by atoms with Crippen molar-refractivity contribution in [2.75, 3.05) is 25.6 Å². The van der Waals surface area contributed by atoms with Crippen LogP contribution in [0.4, 0.5) is 5.69 Å². The number of benzene rings is 1. The normalized spacial score (nSPS) is 12.3. The quantitative estimate of drug-likeness (QED) is 0.703. The molecule has 0 aromatic heterocycles. The maximum Gasteiger partial charge on any atom is 0.122 e. The lowest BCUT2D eigenvalue weighted by molar-refractivity contribution is 0.229. The van der Waals surface area contributed by atoms with Gasteiger partial charge in [-0.1, -0.05) is 0 Å². The van der Waals surface area contributed by atoms with Gasteiger partial charge in [0.05, 0.1) is 19.8 Å². The van der Waals surface area contributed by atoms with Crippen LogP contribution in [-0.4, -0.2) is 36.6 Å². The highest BCUT2D eigenvalue weighted by Gasteiger charge is 2.11. The zero-order valence-electron chi connectivity index (χ0n) is 10.7. The average Bonchev–Trinajstić information content (AvgIpc) is 2.34. The topological polar surface area (TPSA) is 61.7 Å². The summed E-state index contributed by atoms with van der Waals surface area (Å²) in [5.41, 5.74) is 3.15. The predicted octanol–water partition coefficient (Wildman–Crippen LogP) is 1.47. The number of nitrogens with one attached hydrogen (secondary N) is 1. The van der Waals surface area contributed by atoms with Gasteiger partial charge in [-0.3, -0.25) is 0 Å². The maximum absolute atomic E-state index is 9.18. The van der Waals surface area contributed by atoms with Crippen LogP contribution in [0.5, 0.6) is 5.75 Å². The molecule has 1 unspecified atom stereocenters. The molecule has 0 aliphatic rings. The second-order valence-corrected chi connectivity index (χ2v) is 4.10. The summed E-state index contributed by atoms with van der Waals surface area (Å²) in [5, 5.41) is 21.3. The van der Waals surface area contributed by atoms with Gasteiger partial charge in [-0.05, 0) is 43.5 Å². The van der Waals surface area contributed by atoms with Gasteiger partial charge in [0.2, 0.25) is 0 Å². The van der Waals surface area contributed by atoms with Crippen LogP contribution < -0.4 is 10.1 Å². The maximum atomic E-state index is 9.18. The molecule has 0 heterocycles. The molecule has 4 heteroatoms. The van der Waals surface area contributed by atoms with Gasteiger partial charge in [0.15, 0.2) is 0 Å². The summed E-state index contributed by atoms with van der Waals surface area (Å²) in [4.78, 5) is 0. The summed E-state index contributed by atoms with van der Waals surface area (Å²) in [5.74, 6) is 0.857. The molecule has 0 spiro atoms. The lowest BCUT2D eigenvalue weighted by atomic mass is 10.1. The Bertz CT molecular complexity index is 366. The van der Waals surface area contributed by atoms with Crippen molar-refractivity contribution in [1.29, 1.82) is 0 Å². The van der Waals surface area contributed by atoms with Crippen LogP contribution in [-0.2, 0) is 0 Å². The minimum absolute atomic E-state index is 0.00504. The molecule has 1 aromatic carbocycles. The van der Waals surface area contributed by atoms with Crippen LogP contribution in [0, 0.1) is 13.8 Å². The Morgan fingerprint density at radius 1 is 1.24 bits per heavy atom. The summed E-state index contributed by atoms with van der Waals surface area (Å²) in [6.45, 7) is 4.07. The standard InChI is InChI=1S/C13H21NO3/c1-9-10(2)13(17-3)5-4-12(9)14-11(8-16)6-7-15/h4-5,11,14-16H,6-8H2,1-3H3. The smallest absolute Gasteiger partial charge is 0.122 e. The lowest BCUT2D eigenvalue weighted by Gasteiger charge is -2.20. The molecule has 1 atom stereocenters. The third-order valence-electron chi connectivity index (χ3n) is 3.01. The molecular weight excluding hydrogens is 218 g/mol. The van der Waals surface area contributed by atoms with Crippen LogP contribution in [0.2, 0.25) is 0 Å². The van der Waals surface area contributed by atoms with Crippen molar-refractivity contribution in [3.63, 3.8) is 0 Å². The second-order valence-electron chi connectivity index (χ2n) is 4.10. The summed E-state index contributed by atoms with van der Waals surface area (Å²) in [7, 11) is 1.65. The zero-order chi connectivity index (χ0) is 12.8. The minimum atomic E-state index is -0.119. The molecule has 0 aliphatic carbocycles. The first-order chi connectivity index (χ1) is 8.13. The minimum Gasteiger partial charge on any atom is -0.496 e. The van der Waals surface area contributed by atoms with Crippen molar-refractivity contribution in [2.24, 2.45) is 0 Å². The SMILES string of the molecule is COc1ccc(NC(CO)CCO)c(C)c1C. The first kappa shape index (κ1) is 13.8. The number of aliphatic hydroxyl groups excluding tert-OH is 2. The molecule has 96 valence electrons. The van der Waals surface area contributed by atoms with Gasteiger partial charge in [0, 0.05) is 12.3 Å². The Labute approximate surface area is 102 Å². The van der Waals surface area contributed by atoms with E-state index in [1.165, 1.54) is 0 Å². The lowest BCUT2D eigenvalue weighted by Crippen LogP contribution is -2.25. The molecule has 0 saturated carbocycles. The number of ether oxygens (including phenoxy) is 1. The van der Waals surface area contributed by atoms with Crippen molar-refractivity contribution >= 4 is 5.69 Å². The van der Waals surface area contributed by atoms with Gasteiger partial charge in [-0.2, -0.15) is 0 Å². The molecular formula is C13H21NO3. The molecule has 0 fully saturated rings. The number of methoxy groups -OCH3 is 1. The summed E-state index contributed by atoms with van der Waals surface area (Å²) < 4.78 is 5.24. The van der Waals surface area contributed by atoms with E-state index in [2.05, 4.69) is 5.32 Å². The summed E-state index contributed by atoms with van der Waals surface area (Å²) in [6, 6.07) is 3.71. The first-order valence-corrected chi connectivity index (χ1v) is 5.76. The first-order valence-electron chi connectivity index (χ1n) is 5.76. The molecule has 0 saturated heterocycles. The molecule has 4 nitrogen and oxygen atoms in total. The van der Waals surface area contributed by atoms with Gasteiger partial charge in [-0.15, -0.1) is 0 Å². The Morgan fingerprint density at radius 2 is 1.94 bits per heavy atom. The fourth-order valence-electron chi connectivity index (χ4n) is 1.76. The van der Waals surface area contributed by atoms with E-state index in [1.807, 2.05) is 26.0 Å². The van der Waals surface area contributed by atoms with Crippen LogP contribution in [0.25, 0.3) is 0 Å². The van der Waals surface area contributed by atoms with Crippen molar-refractivity contribution in [3.05, 3.63) is 23.3 Å². The molecule has 0 radical (unpaired) electrons. The zero-order valence-corrected chi connectivity index (χ0v) is 10.7. The van der Waals surface area contributed by atoms with Crippen LogP contribution in [0.15, 0.2) is 12.1 Å². The highest BCUT2D eigenvalue weighted by molar-refractivity contribution is 5.58. The van der Waals surface area contributed by atoms with Gasteiger partial charge in [0.25, 0.3) is 0 Å². The molecule has 0 amide bonds. The highest BCUT2D eigenvalue weighted by atomic mass is 16.5. The monoisotopic (exact) mass is 239 g/mol. The van der Waals surface area contributed by atoms with Crippen LogP contribution in [0.1, 0.15) is 17.5 Å². The highest BCUT2D eigenvalue weighted by Crippen LogP contribution is 2.27. The van der Waals surface area contributed by atoms with Crippen molar-refractivity contribution in [3.8, 4) is 5.75 Å². The van der Waals surface area contributed by atoms with Crippen molar-refractivity contribution in [2.45, 2.75) is 26.3 Å². The Hall–Kier alpha value is -1.26. The van der Waals surface area contributed by atoms with Crippen molar-refractivity contribution in [1.82, 2.24) is 0 Å². The fourth-order valence-corrected chi connectivity index (χ4v) is 1.76. The predicted molar refractivity (Wildman–Crippen MR) is 68.7 cm³/mol. The molecule has 1 aromatic rings. The number of rotatable bonds is 6. The third kappa shape index (κ3) is 3.35. The number of aliphatic hydroxyl groups is 2. The van der Waals surface area contributed by atoms with E-state index in [0.29, 0.717) is 6.42 Å². The van der Waals surface area contributed by atoms with E-state index in [9.17, 15) is 5.11 Å². The van der Waals surface area contributed by atoms with Gasteiger partial charge < -0.3 is 20.3 Å². The fraction of sp³-hybridized carbons (Fsp3) is 0.538. The average molecular weight is 239 g/mol. The molecule has 3 N–H and O–H groups in total. The third-order valence-corrected chi connectivity index (χ3v) is 3.01. The van der Waals surface area contributed by atoms with Crippen LogP contribution >= 0.6 is 0 Å². The van der Waals surface area contributed by atoms with E-state index in [-0.39, 0.29) is 19.3 Å². The van der Waals surface area contributed by atoms with E-state index in [4.69, 9.17) is 9.84 Å². The van der Waals surface area contributed by atoms with E-state index in [1.54, 1.807) is 7.11 Å². The number of hydrogen-bond acceptors (Lipinski definition) is 4. The molecule has 1 rings (SSSR count). The summed E-state index contributed by atoms with van der Waals surface area (Å²) >= 11 is 0. The van der Waals surface area contributed by atoms with Gasteiger partial charge in [-0.25, -0.2) is 0 Å². The molecule has 0 aliphatic heterocycles. The van der Waals surface area contributed by atoms with Gasteiger partial charge in [0.1, 0.15) is 5.75 Å². The Morgan fingerprint density at radius 3 is 2.47 bits per heavy atom. The Kier molecular flexibility index (Phi) is 5.25. The second kappa shape index (κ2) is 6.47. The van der Waals surface area contributed by atoms with Crippen LogP contribution in [0.3, 0.4) is 0 Å². The van der Waals surface area contributed by atoms with Gasteiger partial charge >= 0.3 is 0 Å².